The van der Waals surface area contributed by atoms with E-state index in [4.69, 9.17) is 11.5 Å². The summed E-state index contributed by atoms with van der Waals surface area (Å²) >= 11 is 0. The summed E-state index contributed by atoms with van der Waals surface area (Å²) in [6.45, 7) is 0. The SMILES string of the molecule is Nc1nc(N)c2c(n1)=NC(=O)N=2. The van der Waals surface area contributed by atoms with Crippen LogP contribution in [0.3, 0.4) is 0 Å². The fourth-order valence-corrected chi connectivity index (χ4v) is 0.874. The molecule has 60 valence electrons. The summed E-state index contributed by atoms with van der Waals surface area (Å²) in [6.07, 6.45) is 0. The highest BCUT2D eigenvalue weighted by Crippen LogP contribution is 1.90. The molecule has 4 N–H and O–H groups in total. The molecule has 2 amide bonds. The first-order chi connectivity index (χ1) is 5.66. The van der Waals surface area contributed by atoms with E-state index in [-0.39, 0.29) is 22.6 Å². The second-order valence-electron chi connectivity index (χ2n) is 2.15. The Morgan fingerprint density at radius 2 is 1.83 bits per heavy atom. The van der Waals surface area contributed by atoms with Crippen LogP contribution in [0.4, 0.5) is 16.6 Å². The van der Waals surface area contributed by atoms with Crippen LogP contribution < -0.4 is 22.3 Å². The highest BCUT2D eigenvalue weighted by atomic mass is 16.2. The lowest BCUT2D eigenvalue weighted by Gasteiger charge is -1.90. The van der Waals surface area contributed by atoms with Gasteiger partial charge in [0.25, 0.3) is 0 Å². The highest BCUT2D eigenvalue weighted by Gasteiger charge is 2.10. The lowest BCUT2D eigenvalue weighted by atomic mass is 10.5. The number of nitrogens with two attached hydrogens (primary N) is 2. The maximum Gasteiger partial charge on any atom is 0.369 e. The third-order valence-electron chi connectivity index (χ3n) is 1.32. The van der Waals surface area contributed by atoms with E-state index < -0.39 is 6.03 Å². The van der Waals surface area contributed by atoms with Crippen molar-refractivity contribution in [1.82, 2.24) is 9.97 Å². The molecule has 7 heteroatoms. The summed E-state index contributed by atoms with van der Waals surface area (Å²) in [5, 5.41) is 0.203. The normalized spacial score (nSPS) is 13.5. The smallest absolute Gasteiger partial charge is 0.369 e. The Morgan fingerprint density at radius 3 is 2.58 bits per heavy atom. The Labute approximate surface area is 65.9 Å². The van der Waals surface area contributed by atoms with Gasteiger partial charge in [-0.05, 0) is 0 Å². The van der Waals surface area contributed by atoms with Gasteiger partial charge in [0.15, 0.2) is 16.7 Å². The minimum absolute atomic E-state index is 0.0140. The highest BCUT2D eigenvalue weighted by molar-refractivity contribution is 5.77. The maximum absolute atomic E-state index is 10.7. The van der Waals surface area contributed by atoms with E-state index in [1.54, 1.807) is 0 Å². The zero-order valence-corrected chi connectivity index (χ0v) is 5.85. The van der Waals surface area contributed by atoms with Crippen molar-refractivity contribution in [3.63, 3.8) is 0 Å². The summed E-state index contributed by atoms with van der Waals surface area (Å²) in [4.78, 5) is 24.9. The zero-order chi connectivity index (χ0) is 8.72. The molecule has 0 spiro atoms. The molecule has 1 aromatic rings. The monoisotopic (exact) mass is 164 g/mol. The molecule has 0 fully saturated rings. The number of anilines is 2. The van der Waals surface area contributed by atoms with E-state index in [9.17, 15) is 4.79 Å². The fourth-order valence-electron chi connectivity index (χ4n) is 0.874. The molecule has 0 aliphatic carbocycles. The van der Waals surface area contributed by atoms with Crippen molar-refractivity contribution < 1.29 is 4.79 Å². The van der Waals surface area contributed by atoms with Crippen molar-refractivity contribution in [2.45, 2.75) is 0 Å². The van der Waals surface area contributed by atoms with Crippen LogP contribution in [0.25, 0.3) is 0 Å². The largest absolute Gasteiger partial charge is 0.382 e. The predicted molar refractivity (Wildman–Crippen MR) is 38.6 cm³/mol. The number of rotatable bonds is 0. The van der Waals surface area contributed by atoms with Crippen LogP contribution in [0.5, 0.6) is 0 Å². The van der Waals surface area contributed by atoms with Gasteiger partial charge in [-0.15, -0.1) is 0 Å². The number of hydrogen-bond donors (Lipinski definition) is 2. The predicted octanol–water partition coefficient (Wildman–Crippen LogP) is -1.99. The van der Waals surface area contributed by atoms with Crippen molar-refractivity contribution in [2.75, 3.05) is 11.5 Å². The van der Waals surface area contributed by atoms with Gasteiger partial charge >= 0.3 is 6.03 Å². The van der Waals surface area contributed by atoms with Crippen LogP contribution in [0, 0.1) is 0 Å². The van der Waals surface area contributed by atoms with Crippen molar-refractivity contribution in [3.8, 4) is 0 Å². The Kier molecular flexibility index (Phi) is 1.09. The zero-order valence-electron chi connectivity index (χ0n) is 5.85. The molecule has 1 aliphatic rings. The van der Waals surface area contributed by atoms with Gasteiger partial charge in [0.05, 0.1) is 0 Å². The van der Waals surface area contributed by atoms with Crippen LogP contribution in [-0.2, 0) is 0 Å². The van der Waals surface area contributed by atoms with Crippen LogP contribution >= 0.6 is 0 Å². The van der Waals surface area contributed by atoms with Gasteiger partial charge in [-0.1, -0.05) is 0 Å². The standard InChI is InChI=1S/C5H4N6O/c6-2-1-3(10-4(7)9-2)11-5(12)8-1/h(H4,6,7,9,10,11,12). The first-order valence-electron chi connectivity index (χ1n) is 3.07. The molecule has 0 aromatic carbocycles. The topological polar surface area (TPSA) is 120 Å². The molecule has 0 bridgehead atoms. The second-order valence-corrected chi connectivity index (χ2v) is 2.15. The Hall–Kier alpha value is -2.05. The van der Waals surface area contributed by atoms with Crippen molar-refractivity contribution >= 4 is 17.8 Å². The molecule has 0 saturated carbocycles. The molecular formula is C5H4N6O. The first kappa shape index (κ1) is 6.65. The summed E-state index contributed by atoms with van der Waals surface area (Å²) in [7, 11) is 0. The lowest BCUT2D eigenvalue weighted by Crippen LogP contribution is -2.31. The van der Waals surface area contributed by atoms with Crippen LogP contribution in [0.2, 0.25) is 0 Å². The van der Waals surface area contributed by atoms with Gasteiger partial charge < -0.3 is 11.5 Å². The summed E-state index contributed by atoms with van der Waals surface area (Å²) in [5.41, 5.74) is 10.8. The minimum atomic E-state index is -0.628. The molecule has 7 nitrogen and oxygen atoms in total. The lowest BCUT2D eigenvalue weighted by molar-refractivity contribution is 0.256. The van der Waals surface area contributed by atoms with Crippen LogP contribution in [0.15, 0.2) is 9.98 Å². The second kappa shape index (κ2) is 1.97. The molecule has 2 rings (SSSR count). The van der Waals surface area contributed by atoms with Gasteiger partial charge in [0.1, 0.15) is 0 Å². The quantitative estimate of drug-likeness (QED) is 0.460. The molecule has 0 radical (unpaired) electrons. The van der Waals surface area contributed by atoms with Crippen molar-refractivity contribution in [3.05, 3.63) is 10.8 Å². The number of urea groups is 1. The number of fused-ring (bicyclic) bond motifs is 1. The molecule has 1 aliphatic heterocycles. The number of carbonyl (C=O) groups excluding carboxylic acids is 1. The van der Waals surface area contributed by atoms with Gasteiger partial charge in [0.2, 0.25) is 5.95 Å². The van der Waals surface area contributed by atoms with E-state index in [1.807, 2.05) is 0 Å². The van der Waals surface area contributed by atoms with E-state index in [1.165, 1.54) is 0 Å². The summed E-state index contributed by atoms with van der Waals surface area (Å²) in [6, 6.07) is -0.628. The fraction of sp³-hybridized carbons (Fsp3) is 0. The van der Waals surface area contributed by atoms with Gasteiger partial charge in [-0.25, -0.2) is 4.79 Å². The molecule has 0 unspecified atom stereocenters. The summed E-state index contributed by atoms with van der Waals surface area (Å²) < 4.78 is 0. The molecular weight excluding hydrogens is 160 g/mol. The Bertz CT molecular complexity index is 477. The molecule has 1 aromatic heterocycles. The average Bonchev–Trinajstić information content (AvgIpc) is 2.29. The molecule has 0 atom stereocenters. The number of aromatic nitrogens is 2. The number of amides is 2. The Morgan fingerprint density at radius 1 is 1.08 bits per heavy atom. The molecule has 2 heterocycles. The minimum Gasteiger partial charge on any atom is -0.382 e. The van der Waals surface area contributed by atoms with Gasteiger partial charge in [0, 0.05) is 0 Å². The molecule has 12 heavy (non-hydrogen) atoms. The number of carbonyl (C=O) groups is 1. The van der Waals surface area contributed by atoms with E-state index in [0.717, 1.165) is 0 Å². The van der Waals surface area contributed by atoms with Gasteiger partial charge in [-0.3, -0.25) is 0 Å². The maximum atomic E-state index is 10.7. The van der Waals surface area contributed by atoms with Crippen LogP contribution in [0.1, 0.15) is 0 Å². The van der Waals surface area contributed by atoms with Crippen LogP contribution in [-0.4, -0.2) is 16.0 Å². The number of hydrogen-bond acceptors (Lipinski definition) is 5. The number of nitrogen functional groups attached to an aromatic ring is 2. The number of nitrogens with zero attached hydrogens (tertiary/aromatic N) is 4. The third kappa shape index (κ3) is 0.797. The third-order valence-corrected chi connectivity index (χ3v) is 1.32. The van der Waals surface area contributed by atoms with E-state index >= 15 is 0 Å². The average molecular weight is 164 g/mol. The van der Waals surface area contributed by atoms with E-state index in [2.05, 4.69) is 20.0 Å². The first-order valence-corrected chi connectivity index (χ1v) is 3.07. The van der Waals surface area contributed by atoms with E-state index in [0.29, 0.717) is 0 Å². The molecule has 0 saturated heterocycles. The Balaban J connectivity index is 2.95. The van der Waals surface area contributed by atoms with Crippen molar-refractivity contribution in [2.24, 2.45) is 9.98 Å². The van der Waals surface area contributed by atoms with Gasteiger partial charge in [-0.2, -0.15) is 20.0 Å². The van der Waals surface area contributed by atoms with Crippen molar-refractivity contribution in [1.29, 1.82) is 0 Å². The summed E-state index contributed by atoms with van der Waals surface area (Å²) in [5.74, 6) is 0.0620.